The molecule has 0 radical (unpaired) electrons. The Morgan fingerprint density at radius 2 is 1.50 bits per heavy atom. The molecule has 0 N–H and O–H groups in total. The van der Waals surface area contributed by atoms with Gasteiger partial charge in [-0.1, -0.05) is 84.9 Å². The fourth-order valence-electron chi connectivity index (χ4n) is 5.29. The molecule has 8 nitrogen and oxygen atoms in total. The summed E-state index contributed by atoms with van der Waals surface area (Å²) in [6, 6.07) is 30.0. The molecule has 1 aliphatic rings. The van der Waals surface area contributed by atoms with Gasteiger partial charge in [0.05, 0.1) is 31.1 Å². The van der Waals surface area contributed by atoms with Crippen LogP contribution in [0.3, 0.4) is 0 Å². The molecule has 4 aromatic rings. The maximum absolute atomic E-state index is 13.6. The first-order chi connectivity index (χ1) is 22.2. The van der Waals surface area contributed by atoms with Crippen LogP contribution < -0.4 is 4.90 Å². The second-order valence-corrected chi connectivity index (χ2v) is 12.6. The molecule has 0 bridgehead atoms. The molecule has 46 heavy (non-hydrogen) atoms. The van der Waals surface area contributed by atoms with Crippen molar-refractivity contribution < 1.29 is 23.8 Å². The van der Waals surface area contributed by atoms with Gasteiger partial charge >= 0.3 is 12.2 Å². The first-order valence-electron chi connectivity index (χ1n) is 15.8. The molecule has 2 heterocycles. The molecule has 1 saturated heterocycles. The molecule has 0 spiro atoms. The fraction of sp³-hybridized carbons (Fsp3) is 0.342. The van der Waals surface area contributed by atoms with Crippen LogP contribution in [0.15, 0.2) is 103 Å². The van der Waals surface area contributed by atoms with Gasteiger partial charge in [0.25, 0.3) is 0 Å². The number of rotatable bonds is 12. The van der Waals surface area contributed by atoms with E-state index in [0.717, 1.165) is 35.1 Å². The largest absolute Gasteiger partial charge is 0.444 e. The Bertz CT molecular complexity index is 1570. The number of hydrogen-bond donors (Lipinski definition) is 0. The highest BCUT2D eigenvalue weighted by Crippen LogP contribution is 2.26. The van der Waals surface area contributed by atoms with Gasteiger partial charge in [0, 0.05) is 19.3 Å². The van der Waals surface area contributed by atoms with Gasteiger partial charge in [-0.25, -0.2) is 9.59 Å². The van der Waals surface area contributed by atoms with Gasteiger partial charge < -0.3 is 19.1 Å². The van der Waals surface area contributed by atoms with Gasteiger partial charge in [-0.3, -0.25) is 9.88 Å². The van der Waals surface area contributed by atoms with E-state index in [1.165, 1.54) is 5.56 Å². The SMILES string of the molecule is CC(C)(C)OC(=O)N1CC[C@H]1CN(C(=O)OCc1ccccc1)c1cncc(Cc2cccc(CCOCc3ccccc3)c2)c1. The average Bonchev–Trinajstić information content (AvgIpc) is 3.02. The summed E-state index contributed by atoms with van der Waals surface area (Å²) < 4.78 is 17.2. The molecule has 0 saturated carbocycles. The standard InChI is InChI=1S/C38H43N3O5/c1-38(2,3)46-37(43)40-19-17-34(40)26-41(36(42)45-28-31-13-8-5-9-14-31)35-23-33(24-39-25-35)22-32-16-10-15-29(21-32)18-20-44-27-30-11-6-4-7-12-30/h4-16,21,23-25,34H,17-20,22,26-28H2,1-3H3/t34-/m0/s1. The molecule has 3 aromatic carbocycles. The van der Waals surface area contributed by atoms with Gasteiger partial charge in [0.15, 0.2) is 0 Å². The molecule has 2 amide bonds. The van der Waals surface area contributed by atoms with Gasteiger partial charge in [0.1, 0.15) is 12.2 Å². The molecule has 1 atom stereocenters. The molecule has 240 valence electrons. The Labute approximate surface area is 271 Å². The quantitative estimate of drug-likeness (QED) is 0.152. The minimum absolute atomic E-state index is 0.144. The summed E-state index contributed by atoms with van der Waals surface area (Å²) in [5, 5.41) is 0. The van der Waals surface area contributed by atoms with Crippen LogP contribution in [0.1, 0.15) is 55.0 Å². The number of amides is 2. The zero-order valence-electron chi connectivity index (χ0n) is 26.9. The summed E-state index contributed by atoms with van der Waals surface area (Å²) in [5.74, 6) is 0. The molecule has 0 unspecified atom stereocenters. The normalized spacial score (nSPS) is 14.3. The third-order valence-electron chi connectivity index (χ3n) is 7.73. The lowest BCUT2D eigenvalue weighted by molar-refractivity contribution is -0.00392. The highest BCUT2D eigenvalue weighted by Gasteiger charge is 2.38. The summed E-state index contributed by atoms with van der Waals surface area (Å²) in [7, 11) is 0. The van der Waals surface area contributed by atoms with E-state index in [-0.39, 0.29) is 25.3 Å². The lowest BCUT2D eigenvalue weighted by Gasteiger charge is -2.43. The molecule has 1 aliphatic heterocycles. The van der Waals surface area contributed by atoms with Crippen LogP contribution in [-0.2, 0) is 40.3 Å². The van der Waals surface area contributed by atoms with Gasteiger partial charge in [-0.15, -0.1) is 0 Å². The minimum Gasteiger partial charge on any atom is -0.444 e. The maximum atomic E-state index is 13.6. The third-order valence-corrected chi connectivity index (χ3v) is 7.73. The highest BCUT2D eigenvalue weighted by atomic mass is 16.6. The van der Waals surface area contributed by atoms with E-state index in [1.54, 1.807) is 16.0 Å². The number of pyridine rings is 1. The number of carbonyl (C=O) groups is 2. The van der Waals surface area contributed by atoms with Crippen LogP contribution in [0.5, 0.6) is 0 Å². The van der Waals surface area contributed by atoms with Crippen LogP contribution in [0.2, 0.25) is 0 Å². The zero-order chi connectivity index (χ0) is 32.4. The molecule has 8 heteroatoms. The number of benzene rings is 3. The van der Waals surface area contributed by atoms with Crippen LogP contribution in [0.25, 0.3) is 0 Å². The van der Waals surface area contributed by atoms with Crippen molar-refractivity contribution >= 4 is 17.9 Å². The van der Waals surface area contributed by atoms with E-state index in [9.17, 15) is 9.59 Å². The van der Waals surface area contributed by atoms with Crippen molar-refractivity contribution in [2.45, 2.75) is 64.9 Å². The van der Waals surface area contributed by atoms with E-state index >= 15 is 0 Å². The van der Waals surface area contributed by atoms with Crippen LogP contribution in [0.4, 0.5) is 15.3 Å². The van der Waals surface area contributed by atoms with E-state index in [1.807, 2.05) is 81.6 Å². The predicted octanol–water partition coefficient (Wildman–Crippen LogP) is 7.58. The Kier molecular flexibility index (Phi) is 11.0. The lowest BCUT2D eigenvalue weighted by atomic mass is 10.0. The van der Waals surface area contributed by atoms with E-state index < -0.39 is 11.7 Å². The Morgan fingerprint density at radius 1 is 0.826 bits per heavy atom. The fourth-order valence-corrected chi connectivity index (χ4v) is 5.29. The smallest absolute Gasteiger partial charge is 0.414 e. The Morgan fingerprint density at radius 3 is 2.17 bits per heavy atom. The number of anilines is 1. The molecule has 5 rings (SSSR count). The van der Waals surface area contributed by atoms with Crippen LogP contribution in [0, 0.1) is 0 Å². The summed E-state index contributed by atoms with van der Waals surface area (Å²) >= 11 is 0. The molecule has 1 aromatic heterocycles. The van der Waals surface area contributed by atoms with Crippen molar-refractivity contribution in [3.63, 3.8) is 0 Å². The van der Waals surface area contributed by atoms with Crippen molar-refractivity contribution in [2.75, 3.05) is 24.6 Å². The first kappa shape index (κ1) is 32.7. The number of nitrogens with zero attached hydrogens (tertiary/aromatic N) is 3. The maximum Gasteiger partial charge on any atom is 0.414 e. The lowest BCUT2D eigenvalue weighted by Crippen LogP contribution is -2.57. The number of hydrogen-bond acceptors (Lipinski definition) is 6. The molecular formula is C38H43N3O5. The Hall–Kier alpha value is -4.69. The van der Waals surface area contributed by atoms with Crippen molar-refractivity contribution in [2.24, 2.45) is 0 Å². The Balaban J connectivity index is 1.26. The first-order valence-corrected chi connectivity index (χ1v) is 15.8. The van der Waals surface area contributed by atoms with E-state index in [2.05, 4.69) is 41.4 Å². The highest BCUT2D eigenvalue weighted by molar-refractivity contribution is 5.87. The van der Waals surface area contributed by atoms with Crippen molar-refractivity contribution in [1.82, 2.24) is 9.88 Å². The van der Waals surface area contributed by atoms with Crippen LogP contribution in [-0.4, -0.2) is 53.4 Å². The summed E-state index contributed by atoms with van der Waals surface area (Å²) in [6.07, 6.45) is 4.86. The predicted molar refractivity (Wildman–Crippen MR) is 179 cm³/mol. The minimum atomic E-state index is -0.601. The average molecular weight is 622 g/mol. The summed E-state index contributed by atoms with van der Waals surface area (Å²) in [6.45, 7) is 7.77. The summed E-state index contributed by atoms with van der Waals surface area (Å²) in [4.78, 5) is 34.1. The van der Waals surface area contributed by atoms with E-state index in [0.29, 0.717) is 31.9 Å². The number of carbonyl (C=O) groups excluding carboxylic acids is 2. The third kappa shape index (κ3) is 9.65. The molecular weight excluding hydrogens is 578 g/mol. The number of likely N-dealkylation sites (tertiary alicyclic amines) is 1. The summed E-state index contributed by atoms with van der Waals surface area (Å²) in [5.41, 5.74) is 5.39. The van der Waals surface area contributed by atoms with Gasteiger partial charge in [0.2, 0.25) is 0 Å². The topological polar surface area (TPSA) is 81.2 Å². The second kappa shape index (κ2) is 15.5. The number of aromatic nitrogens is 1. The van der Waals surface area contributed by atoms with Crippen molar-refractivity contribution in [3.05, 3.63) is 131 Å². The van der Waals surface area contributed by atoms with Crippen molar-refractivity contribution in [1.29, 1.82) is 0 Å². The zero-order valence-corrected chi connectivity index (χ0v) is 26.9. The number of ether oxygens (including phenoxy) is 3. The van der Waals surface area contributed by atoms with Crippen LogP contribution >= 0.6 is 0 Å². The molecule has 1 fully saturated rings. The van der Waals surface area contributed by atoms with Gasteiger partial charge in [-0.05, 0) is 73.9 Å². The second-order valence-electron chi connectivity index (χ2n) is 12.6. The van der Waals surface area contributed by atoms with Gasteiger partial charge in [-0.2, -0.15) is 0 Å². The van der Waals surface area contributed by atoms with E-state index in [4.69, 9.17) is 14.2 Å². The monoisotopic (exact) mass is 621 g/mol. The molecule has 0 aliphatic carbocycles. The van der Waals surface area contributed by atoms with Crippen molar-refractivity contribution in [3.8, 4) is 0 Å².